The zero-order valence-electron chi connectivity index (χ0n) is 3.60. The summed E-state index contributed by atoms with van der Waals surface area (Å²) in [6, 6.07) is 0. The fourth-order valence-electron chi connectivity index (χ4n) is 0.142. The van der Waals surface area contributed by atoms with E-state index in [0.29, 0.717) is 11.8 Å². The van der Waals surface area contributed by atoms with Crippen LogP contribution in [0.2, 0.25) is 0 Å². The molecule has 0 saturated carbocycles. The van der Waals surface area contributed by atoms with Crippen molar-refractivity contribution in [2.45, 2.75) is 5.76 Å². The molecule has 0 aliphatic rings. The maximum atomic E-state index is 11.1. The molecule has 0 rings (SSSR count). The third-order valence-electron chi connectivity index (χ3n) is 0.335. The van der Waals surface area contributed by atoms with Crippen LogP contribution in [-0.4, -0.2) is 23.2 Å². The molecular weight excluding hydrogens is 122 g/mol. The first kappa shape index (κ1) is 7.17. The number of thioether (sulfide) groups is 1. The van der Waals surface area contributed by atoms with Crippen molar-refractivity contribution in [3.8, 4) is 0 Å². The van der Waals surface area contributed by atoms with Gasteiger partial charge >= 0.3 is 0 Å². The van der Waals surface area contributed by atoms with Crippen molar-refractivity contribution >= 4 is 11.8 Å². The molecule has 0 aromatic carbocycles. The average molecular weight is 128 g/mol. The minimum atomic E-state index is -2.34. The Morgan fingerprint density at radius 1 is 1.57 bits per heavy atom. The normalized spacial score (nSPS) is 10.3. The van der Waals surface area contributed by atoms with E-state index in [4.69, 9.17) is 5.11 Å². The van der Waals surface area contributed by atoms with Gasteiger partial charge in [0.2, 0.25) is 0 Å². The molecule has 0 heterocycles. The number of aliphatic hydroxyl groups is 1. The molecule has 0 saturated heterocycles. The van der Waals surface area contributed by atoms with E-state index in [0.717, 1.165) is 0 Å². The number of halogens is 2. The Morgan fingerprint density at radius 2 is 2.14 bits per heavy atom. The summed E-state index contributed by atoms with van der Waals surface area (Å²) < 4.78 is 22.1. The molecule has 0 amide bonds. The minimum Gasteiger partial charge on any atom is -0.396 e. The van der Waals surface area contributed by atoms with Gasteiger partial charge in [-0.05, 0) is 0 Å². The largest absolute Gasteiger partial charge is 0.396 e. The van der Waals surface area contributed by atoms with Gasteiger partial charge in [0.25, 0.3) is 5.76 Å². The maximum Gasteiger partial charge on any atom is 0.284 e. The molecule has 0 aromatic heterocycles. The molecule has 0 bridgehead atoms. The summed E-state index contributed by atoms with van der Waals surface area (Å²) in [6.07, 6.45) is 0. The maximum absolute atomic E-state index is 11.1. The van der Waals surface area contributed by atoms with Gasteiger partial charge in [-0.1, -0.05) is 11.8 Å². The Hall–Kier alpha value is 0.170. The summed E-state index contributed by atoms with van der Waals surface area (Å²) >= 11 is 0.448. The number of hydrogen-bond acceptors (Lipinski definition) is 2. The van der Waals surface area contributed by atoms with Crippen molar-refractivity contribution in [2.24, 2.45) is 0 Å². The van der Waals surface area contributed by atoms with Crippen LogP contribution < -0.4 is 0 Å². The lowest BCUT2D eigenvalue weighted by atomic mass is 10.9. The molecule has 0 atom stereocenters. The summed E-state index contributed by atoms with van der Waals surface area (Å²) in [7, 11) is 0. The third-order valence-corrected chi connectivity index (χ3v) is 1.01. The molecule has 0 fully saturated rings. The molecule has 0 unspecified atom stereocenters. The molecule has 1 N–H and O–H groups in total. The first-order valence-corrected chi connectivity index (χ1v) is 2.83. The Labute approximate surface area is 44.7 Å². The lowest BCUT2D eigenvalue weighted by Gasteiger charge is -1.91. The molecule has 44 valence electrons. The molecule has 0 aromatic rings. The second kappa shape index (κ2) is 4.33. The number of rotatable bonds is 3. The summed E-state index contributed by atoms with van der Waals surface area (Å²) in [5.41, 5.74) is 0. The van der Waals surface area contributed by atoms with Gasteiger partial charge in [-0.25, -0.2) is 0 Å². The predicted molar refractivity (Wildman–Crippen MR) is 25.5 cm³/mol. The molecule has 0 radical (unpaired) electrons. The Kier molecular flexibility index (Phi) is 4.44. The average Bonchev–Trinajstić information content (AvgIpc) is 1.61. The van der Waals surface area contributed by atoms with Crippen molar-refractivity contribution in [1.29, 1.82) is 0 Å². The highest BCUT2D eigenvalue weighted by Gasteiger charge is 1.98. The Bertz CT molecular complexity index is 41.9. The smallest absolute Gasteiger partial charge is 0.284 e. The van der Waals surface area contributed by atoms with Gasteiger partial charge in [-0.2, -0.15) is 8.78 Å². The molecule has 7 heavy (non-hydrogen) atoms. The van der Waals surface area contributed by atoms with Gasteiger partial charge in [0, 0.05) is 5.75 Å². The van der Waals surface area contributed by atoms with Crippen LogP contribution in [0, 0.1) is 0 Å². The molecule has 0 aliphatic carbocycles. The highest BCUT2D eigenvalue weighted by Crippen LogP contribution is 2.11. The topological polar surface area (TPSA) is 20.2 Å². The van der Waals surface area contributed by atoms with Crippen molar-refractivity contribution in [2.75, 3.05) is 12.4 Å². The van der Waals surface area contributed by atoms with E-state index >= 15 is 0 Å². The number of hydrogen-bond donors (Lipinski definition) is 1. The lowest BCUT2D eigenvalue weighted by molar-refractivity contribution is 0.250. The van der Waals surface area contributed by atoms with E-state index in [-0.39, 0.29) is 12.4 Å². The van der Waals surface area contributed by atoms with E-state index in [1.165, 1.54) is 0 Å². The van der Waals surface area contributed by atoms with Crippen molar-refractivity contribution < 1.29 is 13.9 Å². The first-order valence-electron chi connectivity index (χ1n) is 1.78. The van der Waals surface area contributed by atoms with Crippen LogP contribution >= 0.6 is 11.8 Å². The second-order valence-corrected chi connectivity index (χ2v) is 1.95. The third kappa shape index (κ3) is 6.17. The summed E-state index contributed by atoms with van der Waals surface area (Å²) in [6.45, 7) is -0.172. The summed E-state index contributed by atoms with van der Waals surface area (Å²) in [4.78, 5) is 0. The van der Waals surface area contributed by atoms with Crippen LogP contribution in [0.15, 0.2) is 0 Å². The van der Waals surface area contributed by atoms with E-state index in [1.807, 2.05) is 0 Å². The summed E-state index contributed by atoms with van der Waals surface area (Å²) in [5, 5.41) is 7.96. The standard InChI is InChI=1S/C3H6F2OS/c4-3(5)7-2-1-6/h3,6H,1-2H2. The van der Waals surface area contributed by atoms with E-state index in [9.17, 15) is 8.78 Å². The van der Waals surface area contributed by atoms with Gasteiger partial charge in [-0.15, -0.1) is 0 Å². The van der Waals surface area contributed by atoms with Crippen molar-refractivity contribution in [3.63, 3.8) is 0 Å². The monoisotopic (exact) mass is 128 g/mol. The number of aliphatic hydroxyl groups excluding tert-OH is 1. The van der Waals surface area contributed by atoms with Gasteiger partial charge < -0.3 is 5.11 Å². The van der Waals surface area contributed by atoms with Gasteiger partial charge in [0.05, 0.1) is 6.61 Å². The second-order valence-electron chi connectivity index (χ2n) is 0.855. The van der Waals surface area contributed by atoms with Crippen LogP contribution in [0.5, 0.6) is 0 Å². The van der Waals surface area contributed by atoms with Crippen LogP contribution in [0.4, 0.5) is 8.78 Å². The molecule has 0 spiro atoms. The predicted octanol–water partition coefficient (Wildman–Crippen LogP) is 0.934. The van der Waals surface area contributed by atoms with Crippen LogP contribution in [0.3, 0.4) is 0 Å². The van der Waals surface area contributed by atoms with E-state index < -0.39 is 5.76 Å². The van der Waals surface area contributed by atoms with Crippen molar-refractivity contribution in [3.05, 3.63) is 0 Å². The first-order chi connectivity index (χ1) is 3.27. The van der Waals surface area contributed by atoms with Gasteiger partial charge in [0.15, 0.2) is 0 Å². The minimum absolute atomic E-state index is 0.123. The van der Waals surface area contributed by atoms with Crippen LogP contribution in [0.1, 0.15) is 0 Å². The Balaban J connectivity index is 2.68. The fourth-order valence-corrected chi connectivity index (χ4v) is 0.425. The zero-order chi connectivity index (χ0) is 5.70. The lowest BCUT2D eigenvalue weighted by Crippen LogP contribution is -1.89. The van der Waals surface area contributed by atoms with Gasteiger partial charge in [-0.3, -0.25) is 0 Å². The zero-order valence-corrected chi connectivity index (χ0v) is 4.42. The highest BCUT2D eigenvalue weighted by molar-refractivity contribution is 7.99. The van der Waals surface area contributed by atoms with Crippen LogP contribution in [-0.2, 0) is 0 Å². The van der Waals surface area contributed by atoms with E-state index in [2.05, 4.69) is 0 Å². The number of alkyl halides is 2. The Morgan fingerprint density at radius 3 is 2.29 bits per heavy atom. The highest BCUT2D eigenvalue weighted by atomic mass is 32.2. The van der Waals surface area contributed by atoms with Crippen LogP contribution in [0.25, 0.3) is 0 Å². The SMILES string of the molecule is OCCSC(F)F. The van der Waals surface area contributed by atoms with Crippen molar-refractivity contribution in [1.82, 2.24) is 0 Å². The molecule has 0 aliphatic heterocycles. The van der Waals surface area contributed by atoms with Gasteiger partial charge in [0.1, 0.15) is 0 Å². The molecular formula is C3H6F2OS. The summed E-state index contributed by atoms with van der Waals surface area (Å²) in [5.74, 6) is -2.22. The molecule has 4 heteroatoms. The fraction of sp³-hybridized carbons (Fsp3) is 1.00. The van der Waals surface area contributed by atoms with E-state index in [1.54, 1.807) is 0 Å². The quantitative estimate of drug-likeness (QED) is 0.610. The molecule has 1 nitrogen and oxygen atoms in total.